The van der Waals surface area contributed by atoms with Gasteiger partial charge < -0.3 is 9.88 Å². The molecule has 0 saturated carbocycles. The maximum atomic E-state index is 4.19. The van der Waals surface area contributed by atoms with Crippen LogP contribution in [-0.4, -0.2) is 16.1 Å². The van der Waals surface area contributed by atoms with Gasteiger partial charge in [-0.05, 0) is 41.8 Å². The Labute approximate surface area is 107 Å². The number of hydrogen-bond acceptors (Lipinski definition) is 3. The fraction of sp³-hybridized carbons (Fsp3) is 0.462. The zero-order valence-electron chi connectivity index (χ0n) is 10.4. The van der Waals surface area contributed by atoms with Crippen molar-refractivity contribution in [3.05, 3.63) is 40.6 Å². The highest BCUT2D eigenvalue weighted by atomic mass is 32.1. The molecule has 17 heavy (non-hydrogen) atoms. The normalized spacial score (nSPS) is 12.8. The molecule has 0 fully saturated rings. The fourth-order valence-electron chi connectivity index (χ4n) is 2.05. The second kappa shape index (κ2) is 5.98. The van der Waals surface area contributed by atoms with Crippen molar-refractivity contribution in [3.63, 3.8) is 0 Å². The summed E-state index contributed by atoms with van der Waals surface area (Å²) in [5, 5.41) is 7.90. The van der Waals surface area contributed by atoms with Gasteiger partial charge in [0.25, 0.3) is 0 Å². The number of imidazole rings is 1. The smallest absolute Gasteiger partial charge is 0.0946 e. The van der Waals surface area contributed by atoms with Crippen LogP contribution in [-0.2, 0) is 13.5 Å². The number of thiophene rings is 1. The summed E-state index contributed by atoms with van der Waals surface area (Å²) in [7, 11) is 2.05. The molecule has 0 spiro atoms. The highest BCUT2D eigenvalue weighted by Crippen LogP contribution is 2.19. The summed E-state index contributed by atoms with van der Waals surface area (Å²) in [4.78, 5) is 4.19. The van der Waals surface area contributed by atoms with E-state index in [0.29, 0.717) is 6.04 Å². The van der Waals surface area contributed by atoms with Gasteiger partial charge in [0.05, 0.1) is 12.0 Å². The summed E-state index contributed by atoms with van der Waals surface area (Å²) in [6.07, 6.45) is 6.06. The van der Waals surface area contributed by atoms with Crippen molar-refractivity contribution in [2.45, 2.75) is 25.8 Å². The molecular formula is C13H19N3S. The number of aryl methyl sites for hydroxylation is 2. The first-order valence-electron chi connectivity index (χ1n) is 6.02. The van der Waals surface area contributed by atoms with Gasteiger partial charge in [-0.2, -0.15) is 11.3 Å². The first kappa shape index (κ1) is 12.3. The van der Waals surface area contributed by atoms with E-state index in [0.717, 1.165) is 19.4 Å². The van der Waals surface area contributed by atoms with Gasteiger partial charge in [-0.25, -0.2) is 4.98 Å². The molecule has 0 bridgehead atoms. The van der Waals surface area contributed by atoms with Crippen LogP contribution in [0.3, 0.4) is 0 Å². The number of aromatic nitrogens is 2. The molecule has 1 unspecified atom stereocenters. The molecule has 3 nitrogen and oxygen atoms in total. The Morgan fingerprint density at radius 3 is 3.00 bits per heavy atom. The summed E-state index contributed by atoms with van der Waals surface area (Å²) < 4.78 is 2.10. The molecule has 0 aliphatic carbocycles. The summed E-state index contributed by atoms with van der Waals surface area (Å²) in [6.45, 7) is 3.13. The predicted molar refractivity (Wildman–Crippen MR) is 72.3 cm³/mol. The Morgan fingerprint density at radius 2 is 2.41 bits per heavy atom. The average molecular weight is 249 g/mol. The second-order valence-corrected chi connectivity index (χ2v) is 4.99. The van der Waals surface area contributed by atoms with E-state index in [2.05, 4.69) is 45.7 Å². The minimum Gasteiger partial charge on any atom is -0.336 e. The third-order valence-corrected chi connectivity index (χ3v) is 3.70. The Kier molecular flexibility index (Phi) is 4.34. The lowest BCUT2D eigenvalue weighted by atomic mass is 10.1. The van der Waals surface area contributed by atoms with Crippen LogP contribution in [0.2, 0.25) is 0 Å². The average Bonchev–Trinajstić information content (AvgIpc) is 2.95. The summed E-state index contributed by atoms with van der Waals surface area (Å²) in [6, 6.07) is 2.60. The van der Waals surface area contributed by atoms with E-state index >= 15 is 0 Å². The van der Waals surface area contributed by atoms with Crippen LogP contribution in [0.1, 0.15) is 30.6 Å². The topological polar surface area (TPSA) is 29.9 Å². The molecule has 2 rings (SSSR count). The standard InChI is InChI=1S/C13H19N3S/c1-3-15-12(13-8-14-10-16(13)2)5-4-11-6-7-17-9-11/h6-10,12,15H,3-5H2,1-2H3. The first-order valence-corrected chi connectivity index (χ1v) is 6.96. The van der Waals surface area contributed by atoms with Crippen molar-refractivity contribution >= 4 is 11.3 Å². The lowest BCUT2D eigenvalue weighted by Crippen LogP contribution is -2.23. The van der Waals surface area contributed by atoms with Crippen LogP contribution in [0.4, 0.5) is 0 Å². The van der Waals surface area contributed by atoms with Crippen LogP contribution in [0.5, 0.6) is 0 Å². The van der Waals surface area contributed by atoms with Crippen molar-refractivity contribution in [2.24, 2.45) is 7.05 Å². The molecule has 0 radical (unpaired) electrons. The van der Waals surface area contributed by atoms with E-state index in [9.17, 15) is 0 Å². The maximum Gasteiger partial charge on any atom is 0.0946 e. The van der Waals surface area contributed by atoms with Crippen molar-refractivity contribution in [1.82, 2.24) is 14.9 Å². The molecule has 0 saturated heterocycles. The number of hydrogen-bond donors (Lipinski definition) is 1. The minimum atomic E-state index is 0.396. The molecule has 2 aromatic heterocycles. The molecule has 1 atom stereocenters. The Balaban J connectivity index is 2.00. The van der Waals surface area contributed by atoms with Gasteiger partial charge in [0, 0.05) is 19.3 Å². The van der Waals surface area contributed by atoms with Gasteiger partial charge in [0.15, 0.2) is 0 Å². The van der Waals surface area contributed by atoms with Crippen LogP contribution in [0.25, 0.3) is 0 Å². The number of rotatable bonds is 6. The second-order valence-electron chi connectivity index (χ2n) is 4.21. The summed E-state index contributed by atoms with van der Waals surface area (Å²) in [5.74, 6) is 0. The zero-order chi connectivity index (χ0) is 12.1. The lowest BCUT2D eigenvalue weighted by Gasteiger charge is -2.18. The lowest BCUT2D eigenvalue weighted by molar-refractivity contribution is 0.491. The monoisotopic (exact) mass is 249 g/mol. The first-order chi connectivity index (χ1) is 8.31. The highest BCUT2D eigenvalue weighted by molar-refractivity contribution is 7.07. The van der Waals surface area contributed by atoms with Crippen LogP contribution >= 0.6 is 11.3 Å². The number of nitrogens with zero attached hydrogens (tertiary/aromatic N) is 2. The molecule has 1 N–H and O–H groups in total. The molecule has 0 amide bonds. The molecule has 0 aliphatic heterocycles. The van der Waals surface area contributed by atoms with E-state index < -0.39 is 0 Å². The summed E-state index contributed by atoms with van der Waals surface area (Å²) >= 11 is 1.77. The van der Waals surface area contributed by atoms with Crippen molar-refractivity contribution in [3.8, 4) is 0 Å². The molecule has 2 aromatic rings. The molecule has 0 aliphatic rings. The van der Waals surface area contributed by atoms with Gasteiger partial charge >= 0.3 is 0 Å². The molecule has 92 valence electrons. The molecule has 0 aromatic carbocycles. The zero-order valence-corrected chi connectivity index (χ0v) is 11.2. The van der Waals surface area contributed by atoms with Crippen molar-refractivity contribution in [1.29, 1.82) is 0 Å². The maximum absolute atomic E-state index is 4.19. The Bertz CT molecular complexity index is 433. The minimum absolute atomic E-state index is 0.396. The fourth-order valence-corrected chi connectivity index (χ4v) is 2.75. The van der Waals surface area contributed by atoms with Crippen molar-refractivity contribution in [2.75, 3.05) is 6.54 Å². The van der Waals surface area contributed by atoms with E-state index in [-0.39, 0.29) is 0 Å². The van der Waals surface area contributed by atoms with E-state index in [1.807, 2.05) is 12.5 Å². The van der Waals surface area contributed by atoms with E-state index in [1.54, 1.807) is 11.3 Å². The molecule has 4 heteroatoms. The highest BCUT2D eigenvalue weighted by Gasteiger charge is 2.13. The van der Waals surface area contributed by atoms with Gasteiger partial charge in [-0.15, -0.1) is 0 Å². The number of nitrogens with one attached hydrogen (secondary N) is 1. The van der Waals surface area contributed by atoms with Gasteiger partial charge in [0.2, 0.25) is 0 Å². The van der Waals surface area contributed by atoms with Gasteiger partial charge in [-0.3, -0.25) is 0 Å². The van der Waals surface area contributed by atoms with Crippen molar-refractivity contribution < 1.29 is 0 Å². The van der Waals surface area contributed by atoms with Crippen LogP contribution in [0.15, 0.2) is 29.4 Å². The largest absolute Gasteiger partial charge is 0.336 e. The van der Waals surface area contributed by atoms with Crippen LogP contribution < -0.4 is 5.32 Å². The Hall–Kier alpha value is -1.13. The van der Waals surface area contributed by atoms with Gasteiger partial charge in [0.1, 0.15) is 0 Å². The van der Waals surface area contributed by atoms with E-state index in [1.165, 1.54) is 11.3 Å². The quantitative estimate of drug-likeness (QED) is 0.853. The predicted octanol–water partition coefficient (Wildman–Crippen LogP) is 2.77. The van der Waals surface area contributed by atoms with Crippen LogP contribution in [0, 0.1) is 0 Å². The summed E-state index contributed by atoms with van der Waals surface area (Å²) in [5.41, 5.74) is 2.70. The van der Waals surface area contributed by atoms with E-state index in [4.69, 9.17) is 0 Å². The third kappa shape index (κ3) is 3.17. The molecule has 2 heterocycles. The SMILES string of the molecule is CCNC(CCc1ccsc1)c1cncn1C. The van der Waals surface area contributed by atoms with Gasteiger partial charge in [-0.1, -0.05) is 6.92 Å². The Morgan fingerprint density at radius 1 is 1.53 bits per heavy atom. The third-order valence-electron chi connectivity index (χ3n) is 2.96. The molecular weight excluding hydrogens is 230 g/mol.